The summed E-state index contributed by atoms with van der Waals surface area (Å²) < 4.78 is 0. The topological polar surface area (TPSA) is 90.5 Å². The standard InChI is InChI=1S/C21H24N2O4/c1-14(21(26)27)23(13-15-8-4-2-5-9-15)20(25)17-12-16-10-6-3-7-11-18(16)22-19(17)24/h2,4-5,8-9,12,14H,3,6-7,10-11,13H2,1H3,(H,22,24)(H,26,27). The first-order valence-electron chi connectivity index (χ1n) is 9.30. The average Bonchev–Trinajstić information content (AvgIpc) is 2.90. The molecule has 1 unspecified atom stereocenters. The Labute approximate surface area is 157 Å². The highest BCUT2D eigenvalue weighted by Gasteiger charge is 2.29. The second-order valence-electron chi connectivity index (χ2n) is 7.01. The number of aliphatic carboxylic acids is 1. The molecule has 1 atom stereocenters. The maximum Gasteiger partial charge on any atom is 0.326 e. The van der Waals surface area contributed by atoms with Crippen LogP contribution in [0.1, 0.15) is 53.4 Å². The van der Waals surface area contributed by atoms with Crippen LogP contribution in [0.2, 0.25) is 0 Å². The van der Waals surface area contributed by atoms with Gasteiger partial charge in [0.25, 0.3) is 11.5 Å². The average molecular weight is 368 g/mol. The Balaban J connectivity index is 1.97. The van der Waals surface area contributed by atoms with E-state index >= 15 is 0 Å². The molecule has 0 aliphatic heterocycles. The van der Waals surface area contributed by atoms with Crippen molar-refractivity contribution in [1.82, 2.24) is 9.88 Å². The molecule has 0 radical (unpaired) electrons. The molecular formula is C21H24N2O4. The minimum absolute atomic E-state index is 0.0136. The Morgan fingerprint density at radius 3 is 2.56 bits per heavy atom. The third-order valence-electron chi connectivity index (χ3n) is 5.10. The monoisotopic (exact) mass is 368 g/mol. The van der Waals surface area contributed by atoms with Crippen LogP contribution < -0.4 is 5.56 Å². The Morgan fingerprint density at radius 2 is 1.85 bits per heavy atom. The zero-order valence-corrected chi connectivity index (χ0v) is 15.4. The number of aromatic amines is 1. The summed E-state index contributed by atoms with van der Waals surface area (Å²) >= 11 is 0. The first kappa shape index (κ1) is 18.9. The van der Waals surface area contributed by atoms with Crippen molar-refractivity contribution in [3.05, 3.63) is 69.1 Å². The molecule has 27 heavy (non-hydrogen) atoms. The molecule has 6 heteroatoms. The number of amides is 1. The number of carbonyl (C=O) groups is 2. The molecular weight excluding hydrogens is 344 g/mol. The van der Waals surface area contributed by atoms with Crippen LogP contribution in [0.15, 0.2) is 41.2 Å². The maximum absolute atomic E-state index is 13.1. The largest absolute Gasteiger partial charge is 0.480 e. The van der Waals surface area contributed by atoms with Gasteiger partial charge in [0.2, 0.25) is 0 Å². The Hall–Kier alpha value is -2.89. The number of nitrogens with one attached hydrogen (secondary N) is 1. The number of carboxylic acids is 1. The van der Waals surface area contributed by atoms with E-state index in [1.54, 1.807) is 6.07 Å². The summed E-state index contributed by atoms with van der Waals surface area (Å²) in [5, 5.41) is 9.44. The molecule has 1 aliphatic rings. The Kier molecular flexibility index (Phi) is 5.74. The molecule has 3 rings (SSSR count). The second-order valence-corrected chi connectivity index (χ2v) is 7.01. The molecule has 0 spiro atoms. The van der Waals surface area contributed by atoms with Crippen molar-refractivity contribution in [2.75, 3.05) is 0 Å². The van der Waals surface area contributed by atoms with Crippen molar-refractivity contribution < 1.29 is 14.7 Å². The quantitative estimate of drug-likeness (QED) is 0.794. The zero-order valence-electron chi connectivity index (χ0n) is 15.4. The van der Waals surface area contributed by atoms with E-state index in [4.69, 9.17) is 0 Å². The van der Waals surface area contributed by atoms with E-state index in [0.717, 1.165) is 48.9 Å². The first-order chi connectivity index (χ1) is 13.0. The molecule has 1 aromatic carbocycles. The number of aromatic nitrogens is 1. The van der Waals surface area contributed by atoms with E-state index in [1.807, 2.05) is 30.3 Å². The molecule has 1 heterocycles. The Morgan fingerprint density at radius 1 is 1.15 bits per heavy atom. The first-order valence-corrected chi connectivity index (χ1v) is 9.30. The van der Waals surface area contributed by atoms with Gasteiger partial charge in [-0.3, -0.25) is 9.59 Å². The SMILES string of the molecule is CC(C(=O)O)N(Cc1ccccc1)C(=O)c1cc2c([nH]c1=O)CCCCC2. The molecule has 1 aliphatic carbocycles. The molecule has 1 amide bonds. The van der Waals surface area contributed by atoms with Gasteiger partial charge in [-0.1, -0.05) is 36.8 Å². The lowest BCUT2D eigenvalue weighted by Gasteiger charge is -2.26. The van der Waals surface area contributed by atoms with Crippen molar-refractivity contribution in [3.63, 3.8) is 0 Å². The van der Waals surface area contributed by atoms with E-state index in [0.29, 0.717) is 0 Å². The van der Waals surface area contributed by atoms with Gasteiger partial charge in [-0.05, 0) is 49.8 Å². The van der Waals surface area contributed by atoms with Gasteiger partial charge in [0.05, 0.1) is 0 Å². The summed E-state index contributed by atoms with van der Waals surface area (Å²) in [6, 6.07) is 9.79. The van der Waals surface area contributed by atoms with Gasteiger partial charge in [-0.15, -0.1) is 0 Å². The van der Waals surface area contributed by atoms with Gasteiger partial charge in [0, 0.05) is 12.2 Å². The highest BCUT2D eigenvalue weighted by Crippen LogP contribution is 2.20. The van der Waals surface area contributed by atoms with E-state index < -0.39 is 23.5 Å². The van der Waals surface area contributed by atoms with Crippen molar-refractivity contribution in [3.8, 4) is 0 Å². The maximum atomic E-state index is 13.1. The lowest BCUT2D eigenvalue weighted by Crippen LogP contribution is -2.44. The fraction of sp³-hybridized carbons (Fsp3) is 0.381. The van der Waals surface area contributed by atoms with Crippen LogP contribution in [-0.2, 0) is 24.2 Å². The summed E-state index contributed by atoms with van der Waals surface area (Å²) in [6.45, 7) is 1.59. The van der Waals surface area contributed by atoms with Gasteiger partial charge >= 0.3 is 5.97 Å². The summed E-state index contributed by atoms with van der Waals surface area (Å²) in [4.78, 5) is 41.3. The number of pyridine rings is 1. The number of nitrogens with zero attached hydrogens (tertiary/aromatic N) is 1. The number of carbonyl (C=O) groups excluding carboxylic acids is 1. The summed E-state index contributed by atoms with van der Waals surface area (Å²) in [7, 11) is 0. The van der Waals surface area contributed by atoms with Crippen LogP contribution in [0.3, 0.4) is 0 Å². The number of benzene rings is 1. The minimum atomic E-state index is -1.11. The van der Waals surface area contributed by atoms with Gasteiger partial charge in [0.15, 0.2) is 0 Å². The van der Waals surface area contributed by atoms with E-state index in [9.17, 15) is 19.5 Å². The van der Waals surface area contributed by atoms with Crippen LogP contribution in [0, 0.1) is 0 Å². The highest BCUT2D eigenvalue weighted by atomic mass is 16.4. The van der Waals surface area contributed by atoms with Crippen molar-refractivity contribution in [1.29, 1.82) is 0 Å². The summed E-state index contributed by atoms with van der Waals surface area (Å²) in [5.74, 6) is -1.66. The van der Waals surface area contributed by atoms with Crippen molar-refractivity contribution >= 4 is 11.9 Å². The van der Waals surface area contributed by atoms with Crippen LogP contribution in [0.25, 0.3) is 0 Å². The third-order valence-corrected chi connectivity index (χ3v) is 5.10. The number of hydrogen-bond donors (Lipinski definition) is 2. The number of rotatable bonds is 5. The number of hydrogen-bond acceptors (Lipinski definition) is 3. The van der Waals surface area contributed by atoms with Crippen molar-refractivity contribution in [2.45, 2.75) is 51.6 Å². The zero-order chi connectivity index (χ0) is 19.4. The minimum Gasteiger partial charge on any atom is -0.480 e. The number of carboxylic acid groups (broad SMARTS) is 1. The van der Waals surface area contributed by atoms with Crippen LogP contribution in [0.5, 0.6) is 0 Å². The van der Waals surface area contributed by atoms with Crippen molar-refractivity contribution in [2.24, 2.45) is 0 Å². The second kappa shape index (κ2) is 8.20. The molecule has 1 aromatic heterocycles. The third kappa shape index (κ3) is 4.27. The highest BCUT2D eigenvalue weighted by molar-refractivity contribution is 5.96. The molecule has 6 nitrogen and oxygen atoms in total. The molecule has 0 saturated heterocycles. The lowest BCUT2D eigenvalue weighted by molar-refractivity contribution is -0.141. The fourth-order valence-electron chi connectivity index (χ4n) is 3.46. The van der Waals surface area contributed by atoms with Gasteiger partial charge in [0.1, 0.15) is 11.6 Å². The van der Waals surface area contributed by atoms with E-state index in [1.165, 1.54) is 11.8 Å². The molecule has 2 N–H and O–H groups in total. The van der Waals surface area contributed by atoms with E-state index in [2.05, 4.69) is 4.98 Å². The van der Waals surface area contributed by atoms with E-state index in [-0.39, 0.29) is 12.1 Å². The summed E-state index contributed by atoms with van der Waals surface area (Å²) in [5.41, 5.74) is 2.26. The van der Waals surface area contributed by atoms with Gasteiger partial charge < -0.3 is 15.0 Å². The number of aryl methyl sites for hydroxylation is 2. The number of fused-ring (bicyclic) bond motifs is 1. The normalized spacial score (nSPS) is 14.7. The van der Waals surface area contributed by atoms with Crippen LogP contribution in [0.4, 0.5) is 0 Å². The molecule has 0 saturated carbocycles. The van der Waals surface area contributed by atoms with Gasteiger partial charge in [-0.25, -0.2) is 4.79 Å². The van der Waals surface area contributed by atoms with Gasteiger partial charge in [-0.2, -0.15) is 0 Å². The molecule has 0 fully saturated rings. The fourth-order valence-corrected chi connectivity index (χ4v) is 3.46. The molecule has 2 aromatic rings. The lowest BCUT2D eigenvalue weighted by atomic mass is 10.0. The number of H-pyrrole nitrogens is 1. The van der Waals surface area contributed by atoms with Crippen LogP contribution in [-0.4, -0.2) is 32.9 Å². The van der Waals surface area contributed by atoms with Crippen LogP contribution >= 0.6 is 0 Å². The molecule has 142 valence electrons. The predicted molar refractivity (Wildman–Crippen MR) is 102 cm³/mol. The predicted octanol–water partition coefficient (Wildman–Crippen LogP) is 2.76. The smallest absolute Gasteiger partial charge is 0.326 e. The summed E-state index contributed by atoms with van der Waals surface area (Å²) in [6.07, 6.45) is 4.76. The Bertz CT molecular complexity index is 889. The molecule has 0 bridgehead atoms.